The van der Waals surface area contributed by atoms with Crippen molar-refractivity contribution in [2.24, 2.45) is 11.3 Å². The summed E-state index contributed by atoms with van der Waals surface area (Å²) in [7, 11) is 0. The third kappa shape index (κ3) is 1.43. The lowest BCUT2D eigenvalue weighted by atomic mass is 9.59. The normalized spacial score (nSPS) is 43.6. The molecule has 0 amide bonds. The minimum atomic E-state index is -0.315. The van der Waals surface area contributed by atoms with Crippen LogP contribution in [0.15, 0.2) is 23.3 Å². The van der Waals surface area contributed by atoms with Crippen molar-refractivity contribution < 1.29 is 14.6 Å². The maximum atomic E-state index is 11.6. The molecule has 2 unspecified atom stereocenters. The average molecular weight is 248 g/mol. The van der Waals surface area contributed by atoms with E-state index in [0.717, 1.165) is 25.7 Å². The summed E-state index contributed by atoms with van der Waals surface area (Å²) in [6, 6.07) is 0. The van der Waals surface area contributed by atoms with E-state index in [4.69, 9.17) is 4.74 Å². The van der Waals surface area contributed by atoms with E-state index in [2.05, 4.69) is 20.4 Å². The fourth-order valence-corrected chi connectivity index (χ4v) is 3.93. The van der Waals surface area contributed by atoms with Gasteiger partial charge in [0.2, 0.25) is 0 Å². The van der Waals surface area contributed by atoms with Crippen LogP contribution in [-0.4, -0.2) is 23.3 Å². The maximum absolute atomic E-state index is 11.6. The summed E-state index contributed by atoms with van der Waals surface area (Å²) in [5.41, 5.74) is 3.12. The standard InChI is InChI=1S/C15H20O3/c1-8-4-5-13(16)15(3)7-12-10(6-11(8)15)9(2)14(17)18-12/h10,12-13,16H,2,4-7H2,1,3H3/t10?,12?,13-,15-/m1/s1. The molecule has 3 rings (SSSR count). The predicted molar refractivity (Wildman–Crippen MR) is 67.8 cm³/mol. The molecular formula is C15H20O3. The molecule has 0 bridgehead atoms. The first-order chi connectivity index (χ1) is 8.43. The number of carbonyl (C=O) groups is 1. The van der Waals surface area contributed by atoms with Gasteiger partial charge in [-0.25, -0.2) is 4.79 Å². The van der Waals surface area contributed by atoms with E-state index >= 15 is 0 Å². The molecule has 4 atom stereocenters. The van der Waals surface area contributed by atoms with Gasteiger partial charge >= 0.3 is 5.97 Å². The highest BCUT2D eigenvalue weighted by Crippen LogP contribution is 2.54. The number of aliphatic hydroxyl groups excluding tert-OH is 1. The predicted octanol–water partition coefficient (Wildman–Crippen LogP) is 2.36. The van der Waals surface area contributed by atoms with Gasteiger partial charge in [0.25, 0.3) is 0 Å². The number of rotatable bonds is 0. The van der Waals surface area contributed by atoms with Crippen LogP contribution < -0.4 is 0 Å². The smallest absolute Gasteiger partial charge is 0.334 e. The number of esters is 1. The number of ether oxygens (including phenoxy) is 1. The van der Waals surface area contributed by atoms with E-state index in [1.54, 1.807) is 0 Å². The molecule has 18 heavy (non-hydrogen) atoms. The fourth-order valence-electron chi connectivity index (χ4n) is 3.93. The van der Waals surface area contributed by atoms with Gasteiger partial charge in [-0.05, 0) is 32.6 Å². The van der Waals surface area contributed by atoms with E-state index in [-0.39, 0.29) is 29.5 Å². The SMILES string of the molecule is C=C1C(=O)OC2C[C@]3(C)C(=C(C)CC[C@H]3O)CC12. The molecule has 0 aromatic carbocycles. The Morgan fingerprint density at radius 1 is 1.50 bits per heavy atom. The van der Waals surface area contributed by atoms with E-state index in [0.29, 0.717) is 5.57 Å². The minimum absolute atomic E-state index is 0.0840. The summed E-state index contributed by atoms with van der Waals surface area (Å²) in [5, 5.41) is 10.3. The topological polar surface area (TPSA) is 46.5 Å². The molecule has 3 nitrogen and oxygen atoms in total. The van der Waals surface area contributed by atoms with E-state index < -0.39 is 0 Å². The molecular weight excluding hydrogens is 228 g/mol. The van der Waals surface area contributed by atoms with Crippen LogP contribution >= 0.6 is 0 Å². The van der Waals surface area contributed by atoms with Crippen molar-refractivity contribution in [2.75, 3.05) is 0 Å². The summed E-state index contributed by atoms with van der Waals surface area (Å²) in [6.45, 7) is 8.13. The third-order valence-corrected chi connectivity index (χ3v) is 5.20. The first-order valence-electron chi connectivity index (χ1n) is 6.70. The van der Waals surface area contributed by atoms with Gasteiger partial charge in [0.1, 0.15) is 6.10 Å². The first kappa shape index (κ1) is 12.0. The Kier molecular flexibility index (Phi) is 2.46. The zero-order valence-electron chi connectivity index (χ0n) is 11.0. The zero-order valence-corrected chi connectivity index (χ0v) is 11.0. The molecule has 98 valence electrons. The second-order valence-electron chi connectivity index (χ2n) is 6.21. The molecule has 1 aliphatic heterocycles. The first-order valence-corrected chi connectivity index (χ1v) is 6.70. The Morgan fingerprint density at radius 3 is 2.94 bits per heavy atom. The number of allylic oxidation sites excluding steroid dienone is 1. The summed E-state index contributed by atoms with van der Waals surface area (Å²) in [5.74, 6) is -0.124. The molecule has 1 saturated heterocycles. The summed E-state index contributed by atoms with van der Waals surface area (Å²) >= 11 is 0. The van der Waals surface area contributed by atoms with Gasteiger partial charge in [-0.1, -0.05) is 24.6 Å². The monoisotopic (exact) mass is 248 g/mol. The number of hydrogen-bond donors (Lipinski definition) is 1. The zero-order chi connectivity index (χ0) is 13.1. The molecule has 3 aliphatic rings. The van der Waals surface area contributed by atoms with Gasteiger partial charge in [0.15, 0.2) is 0 Å². The minimum Gasteiger partial charge on any atom is -0.458 e. The van der Waals surface area contributed by atoms with Crippen molar-refractivity contribution in [1.82, 2.24) is 0 Å². The van der Waals surface area contributed by atoms with Crippen LogP contribution in [0.3, 0.4) is 0 Å². The Bertz CT molecular complexity index is 462. The molecule has 2 aliphatic carbocycles. The van der Waals surface area contributed by atoms with Crippen LogP contribution in [0.5, 0.6) is 0 Å². The van der Waals surface area contributed by atoms with Gasteiger partial charge in [-0.15, -0.1) is 0 Å². The largest absolute Gasteiger partial charge is 0.458 e. The summed E-state index contributed by atoms with van der Waals surface area (Å²) in [6.07, 6.45) is 2.94. The van der Waals surface area contributed by atoms with Crippen molar-refractivity contribution in [3.05, 3.63) is 23.3 Å². The molecule has 0 spiro atoms. The van der Waals surface area contributed by atoms with Gasteiger partial charge in [0.05, 0.1) is 6.10 Å². The fraction of sp³-hybridized carbons (Fsp3) is 0.667. The highest BCUT2D eigenvalue weighted by atomic mass is 16.6. The highest BCUT2D eigenvalue weighted by Gasteiger charge is 2.52. The van der Waals surface area contributed by atoms with Gasteiger partial charge in [0, 0.05) is 16.9 Å². The van der Waals surface area contributed by atoms with Crippen molar-refractivity contribution in [2.45, 2.75) is 51.7 Å². The molecule has 3 heteroatoms. The second-order valence-corrected chi connectivity index (χ2v) is 6.21. The molecule has 0 aromatic rings. The molecule has 1 heterocycles. The molecule has 0 aromatic heterocycles. The number of aliphatic hydroxyl groups is 1. The lowest BCUT2D eigenvalue weighted by Gasteiger charge is -2.47. The summed E-state index contributed by atoms with van der Waals surface area (Å²) < 4.78 is 5.40. The lowest BCUT2D eigenvalue weighted by Crippen LogP contribution is -2.45. The quantitative estimate of drug-likeness (QED) is 0.406. The molecule has 0 radical (unpaired) electrons. The maximum Gasteiger partial charge on any atom is 0.334 e. The Morgan fingerprint density at radius 2 is 2.22 bits per heavy atom. The van der Waals surface area contributed by atoms with E-state index in [1.165, 1.54) is 11.1 Å². The van der Waals surface area contributed by atoms with Crippen LogP contribution in [0.2, 0.25) is 0 Å². The van der Waals surface area contributed by atoms with Gasteiger partial charge < -0.3 is 9.84 Å². The van der Waals surface area contributed by atoms with Gasteiger partial charge in [-0.3, -0.25) is 0 Å². The Labute approximate surface area is 108 Å². The van der Waals surface area contributed by atoms with Crippen LogP contribution in [0.4, 0.5) is 0 Å². The highest BCUT2D eigenvalue weighted by molar-refractivity contribution is 5.91. The van der Waals surface area contributed by atoms with Crippen molar-refractivity contribution in [3.8, 4) is 0 Å². The van der Waals surface area contributed by atoms with Crippen LogP contribution in [0.1, 0.15) is 39.5 Å². The van der Waals surface area contributed by atoms with E-state index in [9.17, 15) is 9.90 Å². The third-order valence-electron chi connectivity index (χ3n) is 5.20. The second kappa shape index (κ2) is 3.70. The van der Waals surface area contributed by atoms with Crippen molar-refractivity contribution >= 4 is 5.97 Å². The molecule has 1 N–H and O–H groups in total. The molecule has 1 saturated carbocycles. The number of carbonyl (C=O) groups excluding carboxylic acids is 1. The van der Waals surface area contributed by atoms with Crippen molar-refractivity contribution in [1.29, 1.82) is 0 Å². The van der Waals surface area contributed by atoms with Crippen LogP contribution in [-0.2, 0) is 9.53 Å². The lowest BCUT2D eigenvalue weighted by molar-refractivity contribution is -0.141. The van der Waals surface area contributed by atoms with Crippen molar-refractivity contribution in [3.63, 3.8) is 0 Å². The van der Waals surface area contributed by atoms with E-state index in [1.807, 2.05) is 0 Å². The number of fused-ring (bicyclic) bond motifs is 2. The number of hydrogen-bond acceptors (Lipinski definition) is 3. The van der Waals surface area contributed by atoms with Crippen LogP contribution in [0, 0.1) is 11.3 Å². The molecule has 2 fully saturated rings. The summed E-state index contributed by atoms with van der Waals surface area (Å²) in [4.78, 5) is 11.6. The van der Waals surface area contributed by atoms with Gasteiger partial charge in [-0.2, -0.15) is 0 Å². The Hall–Kier alpha value is -1.09. The average Bonchev–Trinajstić information content (AvgIpc) is 2.58. The Balaban J connectivity index is 2.01. The van der Waals surface area contributed by atoms with Crippen LogP contribution in [0.25, 0.3) is 0 Å².